The molecule has 0 unspecified atom stereocenters. The van der Waals surface area contributed by atoms with Crippen LogP contribution in [0.2, 0.25) is 0 Å². The number of nitrogens with one attached hydrogen (secondary N) is 2. The summed E-state index contributed by atoms with van der Waals surface area (Å²) >= 11 is 1.14. The molecule has 0 radical (unpaired) electrons. The minimum atomic E-state index is -3.70. The molecule has 2 N–H and O–H groups in total. The van der Waals surface area contributed by atoms with E-state index in [9.17, 15) is 13.2 Å². The van der Waals surface area contributed by atoms with Crippen LogP contribution in [0, 0.1) is 5.92 Å². The van der Waals surface area contributed by atoms with Gasteiger partial charge >= 0.3 is 0 Å². The van der Waals surface area contributed by atoms with Crippen LogP contribution in [0.4, 0.5) is 0 Å². The van der Waals surface area contributed by atoms with Gasteiger partial charge in [-0.15, -0.1) is 11.3 Å². The van der Waals surface area contributed by atoms with Gasteiger partial charge in [-0.25, -0.2) is 13.1 Å². The number of hydrogen-bond donors (Lipinski definition) is 2. The molecule has 1 amide bonds. The fraction of sp³-hybridized carbons (Fsp3) is 0.316. The molecule has 29 heavy (non-hydrogen) atoms. The first-order valence-corrected chi connectivity index (χ1v) is 11.5. The summed E-state index contributed by atoms with van der Waals surface area (Å²) in [6.45, 7) is 0. The molecule has 1 saturated carbocycles. The lowest BCUT2D eigenvalue weighted by Gasteiger charge is -2.17. The van der Waals surface area contributed by atoms with Crippen molar-refractivity contribution in [1.82, 2.24) is 20.2 Å². The van der Waals surface area contributed by atoms with Crippen molar-refractivity contribution >= 4 is 27.3 Å². The average Bonchev–Trinajstić information content (AvgIpc) is 3.47. The van der Waals surface area contributed by atoms with E-state index in [1.807, 2.05) is 30.3 Å². The number of nitrogens with zero attached hydrogens (tertiary/aromatic N) is 2. The Labute approximate surface area is 172 Å². The zero-order chi connectivity index (χ0) is 20.4. The van der Waals surface area contributed by atoms with Gasteiger partial charge < -0.3 is 9.84 Å². The van der Waals surface area contributed by atoms with Gasteiger partial charge in [-0.05, 0) is 24.3 Å². The zero-order valence-electron chi connectivity index (χ0n) is 15.6. The van der Waals surface area contributed by atoms with Crippen molar-refractivity contribution in [2.75, 3.05) is 7.05 Å². The Kier molecular flexibility index (Phi) is 5.48. The molecule has 0 saturated heterocycles. The first-order chi connectivity index (χ1) is 14.0. The van der Waals surface area contributed by atoms with E-state index in [1.165, 1.54) is 0 Å². The van der Waals surface area contributed by atoms with Gasteiger partial charge in [0.1, 0.15) is 4.21 Å². The van der Waals surface area contributed by atoms with Crippen molar-refractivity contribution in [3.8, 4) is 11.4 Å². The Hall–Kier alpha value is -2.56. The van der Waals surface area contributed by atoms with Crippen molar-refractivity contribution in [3.05, 3.63) is 53.7 Å². The highest BCUT2D eigenvalue weighted by Crippen LogP contribution is 2.39. The first-order valence-electron chi connectivity index (χ1n) is 9.14. The van der Waals surface area contributed by atoms with Crippen LogP contribution in [0.5, 0.6) is 0 Å². The summed E-state index contributed by atoms with van der Waals surface area (Å²) in [4.78, 5) is 16.7. The normalized spacial score (nSPS) is 21.9. The standard InChI is InChI=1S/C19H20N4O4S2/c1-20-18(24)13-10-14(15(11-13)23-29(25,26)16-8-5-9-28-16)19-21-17(22-27-19)12-6-3-2-4-7-12/h2-9,13-15,23H,10-11H2,1H3,(H,20,24)/t13-,14-,15+/m1/s1. The third kappa shape index (κ3) is 4.09. The zero-order valence-corrected chi connectivity index (χ0v) is 17.2. The Bertz CT molecular complexity index is 1080. The minimum absolute atomic E-state index is 0.129. The number of rotatable bonds is 6. The predicted molar refractivity (Wildman–Crippen MR) is 108 cm³/mol. The predicted octanol–water partition coefficient (Wildman–Crippen LogP) is 2.38. The minimum Gasteiger partial charge on any atom is -0.359 e. The molecule has 1 aliphatic carbocycles. The van der Waals surface area contributed by atoms with Gasteiger partial charge in [-0.2, -0.15) is 4.98 Å². The van der Waals surface area contributed by atoms with Crippen LogP contribution >= 0.6 is 11.3 Å². The molecule has 10 heteroatoms. The molecule has 0 aliphatic heterocycles. The van der Waals surface area contributed by atoms with E-state index in [2.05, 4.69) is 20.2 Å². The third-order valence-corrected chi connectivity index (χ3v) is 7.92. The Balaban J connectivity index is 1.62. The number of carbonyl (C=O) groups is 1. The summed E-state index contributed by atoms with van der Waals surface area (Å²) < 4.78 is 33.9. The van der Waals surface area contributed by atoms with E-state index >= 15 is 0 Å². The molecule has 1 aromatic carbocycles. The Morgan fingerprint density at radius 1 is 1.17 bits per heavy atom. The highest BCUT2D eigenvalue weighted by molar-refractivity contribution is 7.91. The van der Waals surface area contributed by atoms with Gasteiger partial charge in [0.2, 0.25) is 27.6 Å². The number of thiophene rings is 1. The molecule has 2 heterocycles. The SMILES string of the molecule is CNC(=O)[C@H]1C[C@H](NS(=O)(=O)c2cccs2)[C@H](c2nc(-c3ccccc3)no2)C1. The lowest BCUT2D eigenvalue weighted by Crippen LogP contribution is -2.36. The summed E-state index contributed by atoms with van der Waals surface area (Å²) in [7, 11) is -2.13. The number of benzene rings is 1. The van der Waals surface area contributed by atoms with Crippen LogP contribution in [-0.2, 0) is 14.8 Å². The maximum Gasteiger partial charge on any atom is 0.250 e. The van der Waals surface area contributed by atoms with Crippen LogP contribution in [0.25, 0.3) is 11.4 Å². The fourth-order valence-electron chi connectivity index (χ4n) is 3.62. The molecule has 152 valence electrons. The molecular formula is C19H20N4O4S2. The van der Waals surface area contributed by atoms with E-state index < -0.39 is 22.0 Å². The smallest absolute Gasteiger partial charge is 0.250 e. The summed E-state index contributed by atoms with van der Waals surface area (Å²) in [5, 5.41) is 8.39. The third-order valence-electron chi connectivity index (χ3n) is 5.04. The second kappa shape index (κ2) is 8.05. The second-order valence-corrected chi connectivity index (χ2v) is 9.76. The number of sulfonamides is 1. The van der Waals surface area contributed by atoms with E-state index in [0.717, 1.165) is 16.9 Å². The second-order valence-electron chi connectivity index (χ2n) is 6.87. The molecule has 2 aromatic heterocycles. The van der Waals surface area contributed by atoms with E-state index in [4.69, 9.17) is 4.52 Å². The summed E-state index contributed by atoms with van der Waals surface area (Å²) in [6, 6.07) is 12.1. The molecule has 3 atom stereocenters. The van der Waals surface area contributed by atoms with Crippen LogP contribution in [-0.4, -0.2) is 37.6 Å². The number of hydrogen-bond acceptors (Lipinski definition) is 7. The molecule has 1 aliphatic rings. The lowest BCUT2D eigenvalue weighted by atomic mass is 10.0. The van der Waals surface area contributed by atoms with E-state index in [1.54, 1.807) is 24.6 Å². The fourth-order valence-corrected chi connectivity index (χ4v) is 5.92. The van der Waals surface area contributed by atoms with Crippen molar-refractivity contribution in [3.63, 3.8) is 0 Å². The molecular weight excluding hydrogens is 412 g/mol. The number of amides is 1. The van der Waals surface area contributed by atoms with Crippen molar-refractivity contribution in [2.24, 2.45) is 5.92 Å². The number of carbonyl (C=O) groups excluding carboxylic acids is 1. The van der Waals surface area contributed by atoms with Crippen molar-refractivity contribution in [2.45, 2.75) is 29.0 Å². The van der Waals surface area contributed by atoms with Gasteiger partial charge in [0.25, 0.3) is 0 Å². The van der Waals surface area contributed by atoms with E-state index in [0.29, 0.717) is 24.6 Å². The van der Waals surface area contributed by atoms with E-state index in [-0.39, 0.29) is 16.0 Å². The summed E-state index contributed by atoms with van der Waals surface area (Å²) in [5.74, 6) is -0.0984. The van der Waals surface area contributed by atoms with Gasteiger partial charge in [-0.3, -0.25) is 4.79 Å². The van der Waals surface area contributed by atoms with Crippen LogP contribution in [0.1, 0.15) is 24.7 Å². The highest BCUT2D eigenvalue weighted by atomic mass is 32.2. The molecule has 4 rings (SSSR count). The maximum atomic E-state index is 12.7. The van der Waals surface area contributed by atoms with Crippen molar-refractivity contribution in [1.29, 1.82) is 0 Å². The summed E-state index contributed by atoms with van der Waals surface area (Å²) in [5.41, 5.74) is 0.805. The Morgan fingerprint density at radius 2 is 1.97 bits per heavy atom. The topological polar surface area (TPSA) is 114 Å². The Morgan fingerprint density at radius 3 is 2.66 bits per heavy atom. The highest BCUT2D eigenvalue weighted by Gasteiger charge is 2.43. The van der Waals surface area contributed by atoms with Crippen LogP contribution < -0.4 is 10.0 Å². The number of aromatic nitrogens is 2. The van der Waals surface area contributed by atoms with Crippen molar-refractivity contribution < 1.29 is 17.7 Å². The van der Waals surface area contributed by atoms with Gasteiger partial charge in [-0.1, -0.05) is 41.6 Å². The molecule has 3 aromatic rings. The maximum absolute atomic E-state index is 12.7. The first kappa shape index (κ1) is 19.7. The molecule has 0 spiro atoms. The lowest BCUT2D eigenvalue weighted by molar-refractivity contribution is -0.124. The average molecular weight is 433 g/mol. The van der Waals surface area contributed by atoms with Crippen LogP contribution in [0.3, 0.4) is 0 Å². The van der Waals surface area contributed by atoms with Crippen LogP contribution in [0.15, 0.2) is 56.6 Å². The van der Waals surface area contributed by atoms with Gasteiger partial charge in [0, 0.05) is 24.6 Å². The molecule has 0 bridgehead atoms. The largest absolute Gasteiger partial charge is 0.359 e. The monoisotopic (exact) mass is 432 g/mol. The summed E-state index contributed by atoms with van der Waals surface area (Å²) in [6.07, 6.45) is 0.783. The molecule has 1 fully saturated rings. The van der Waals surface area contributed by atoms with Gasteiger partial charge in [0.05, 0.1) is 5.92 Å². The molecule has 8 nitrogen and oxygen atoms in total. The van der Waals surface area contributed by atoms with Gasteiger partial charge in [0.15, 0.2) is 0 Å². The quantitative estimate of drug-likeness (QED) is 0.618.